The van der Waals surface area contributed by atoms with E-state index in [0.717, 1.165) is 30.5 Å². The van der Waals surface area contributed by atoms with Crippen molar-refractivity contribution in [2.45, 2.75) is 72.3 Å². The van der Waals surface area contributed by atoms with Crippen LogP contribution in [0.1, 0.15) is 57.1 Å². The van der Waals surface area contributed by atoms with Crippen LogP contribution in [0.4, 0.5) is 0 Å². The van der Waals surface area contributed by atoms with E-state index >= 15 is 0 Å². The lowest BCUT2D eigenvalue weighted by Gasteiger charge is -2.14. The van der Waals surface area contributed by atoms with Gasteiger partial charge in [-0.25, -0.2) is 0 Å². The number of hydrogen-bond donors (Lipinski definition) is 1. The molecule has 1 aromatic heterocycles. The summed E-state index contributed by atoms with van der Waals surface area (Å²) in [7, 11) is 0. The van der Waals surface area contributed by atoms with Gasteiger partial charge in [-0.05, 0) is 50.7 Å². The number of rotatable bonds is 8. The molecule has 2 rings (SSSR count). The molecule has 0 amide bonds. The minimum atomic E-state index is 0.290. The summed E-state index contributed by atoms with van der Waals surface area (Å²) in [4.78, 5) is 0. The predicted octanol–water partition coefficient (Wildman–Crippen LogP) is 3.79. The van der Waals surface area contributed by atoms with Crippen molar-refractivity contribution in [3.63, 3.8) is 0 Å². The summed E-state index contributed by atoms with van der Waals surface area (Å²) in [5.41, 5.74) is 1.23. The highest BCUT2D eigenvalue weighted by molar-refractivity contribution is 5.19. The van der Waals surface area contributed by atoms with Crippen LogP contribution < -0.4 is 5.32 Å². The fourth-order valence-corrected chi connectivity index (χ4v) is 2.32. The number of aryl methyl sites for hydroxylation is 1. The topological polar surface area (TPSA) is 34.4 Å². The molecule has 1 aromatic rings. The monoisotopic (exact) mass is 265 g/mol. The van der Waals surface area contributed by atoms with E-state index in [0.29, 0.717) is 18.6 Å². The first-order chi connectivity index (χ1) is 9.04. The molecule has 0 aliphatic heterocycles. The molecule has 3 heteroatoms. The Morgan fingerprint density at radius 1 is 1.37 bits per heavy atom. The molecule has 1 fully saturated rings. The molecular weight excluding hydrogens is 238 g/mol. The van der Waals surface area contributed by atoms with Crippen LogP contribution >= 0.6 is 0 Å². The van der Waals surface area contributed by atoms with Gasteiger partial charge < -0.3 is 14.5 Å². The normalized spacial score (nSPS) is 17.1. The fraction of sp³-hybridized carbons (Fsp3) is 0.750. The zero-order chi connectivity index (χ0) is 13.8. The molecular formula is C16H27NO2. The smallest absolute Gasteiger partial charge is 0.130 e. The first-order valence-electron chi connectivity index (χ1n) is 7.47. The first kappa shape index (κ1) is 14.6. The largest absolute Gasteiger partial charge is 0.462 e. The van der Waals surface area contributed by atoms with Crippen LogP contribution in [0.15, 0.2) is 10.5 Å². The SMILES string of the molecule is Cc1cc(COC(C)CC(C)C)oc1CNC1CC1. The third-order valence-corrected chi connectivity index (χ3v) is 3.51. The van der Waals surface area contributed by atoms with Crippen molar-refractivity contribution in [2.24, 2.45) is 5.92 Å². The molecule has 1 heterocycles. The zero-order valence-electron chi connectivity index (χ0n) is 12.7. The zero-order valence-corrected chi connectivity index (χ0v) is 12.7. The lowest BCUT2D eigenvalue weighted by Crippen LogP contribution is -2.15. The minimum Gasteiger partial charge on any atom is -0.462 e. The highest BCUT2D eigenvalue weighted by Crippen LogP contribution is 2.21. The van der Waals surface area contributed by atoms with Crippen LogP contribution in [0.25, 0.3) is 0 Å². The Bertz CT molecular complexity index is 393. The summed E-state index contributed by atoms with van der Waals surface area (Å²) in [5, 5.41) is 3.48. The van der Waals surface area contributed by atoms with E-state index in [1.54, 1.807) is 0 Å². The van der Waals surface area contributed by atoms with Crippen LogP contribution in [0.3, 0.4) is 0 Å². The highest BCUT2D eigenvalue weighted by atomic mass is 16.5. The lowest BCUT2D eigenvalue weighted by atomic mass is 10.1. The number of furan rings is 1. The first-order valence-corrected chi connectivity index (χ1v) is 7.47. The maximum atomic E-state index is 5.86. The van der Waals surface area contributed by atoms with Gasteiger partial charge >= 0.3 is 0 Å². The van der Waals surface area contributed by atoms with Crippen molar-refractivity contribution in [1.29, 1.82) is 0 Å². The molecule has 1 saturated carbocycles. The summed E-state index contributed by atoms with van der Waals surface area (Å²) < 4.78 is 11.7. The third kappa shape index (κ3) is 5.00. The molecule has 108 valence electrons. The van der Waals surface area contributed by atoms with Gasteiger partial charge in [0.25, 0.3) is 0 Å². The second-order valence-corrected chi connectivity index (χ2v) is 6.23. The van der Waals surface area contributed by atoms with Gasteiger partial charge in [0.2, 0.25) is 0 Å². The van der Waals surface area contributed by atoms with Crippen molar-refractivity contribution in [1.82, 2.24) is 5.32 Å². The van der Waals surface area contributed by atoms with Gasteiger partial charge in [0.15, 0.2) is 0 Å². The highest BCUT2D eigenvalue weighted by Gasteiger charge is 2.21. The van der Waals surface area contributed by atoms with Crippen LogP contribution in [0.2, 0.25) is 0 Å². The summed E-state index contributed by atoms with van der Waals surface area (Å²) in [6.07, 6.45) is 4.00. The maximum absolute atomic E-state index is 5.86. The minimum absolute atomic E-state index is 0.290. The Balaban J connectivity index is 1.78. The Labute approximate surface area is 116 Å². The van der Waals surface area contributed by atoms with Gasteiger partial charge in [-0.3, -0.25) is 0 Å². The Hall–Kier alpha value is -0.800. The standard InChI is InChI=1S/C16H27NO2/c1-11(2)7-13(4)18-10-15-8-12(3)16(19-15)9-17-14-5-6-14/h8,11,13-14,17H,5-7,9-10H2,1-4H3. The van der Waals surface area contributed by atoms with Gasteiger partial charge in [0, 0.05) is 6.04 Å². The van der Waals surface area contributed by atoms with Crippen LogP contribution in [0, 0.1) is 12.8 Å². The van der Waals surface area contributed by atoms with Gasteiger partial charge in [-0.1, -0.05) is 13.8 Å². The van der Waals surface area contributed by atoms with E-state index in [9.17, 15) is 0 Å². The van der Waals surface area contributed by atoms with E-state index in [2.05, 4.69) is 39.1 Å². The van der Waals surface area contributed by atoms with Crippen molar-refractivity contribution < 1.29 is 9.15 Å². The van der Waals surface area contributed by atoms with E-state index in [4.69, 9.17) is 9.15 Å². The maximum Gasteiger partial charge on any atom is 0.130 e. The van der Waals surface area contributed by atoms with Gasteiger partial charge in [0.05, 0.1) is 12.6 Å². The van der Waals surface area contributed by atoms with Crippen molar-refractivity contribution in [3.05, 3.63) is 23.2 Å². The second kappa shape index (κ2) is 6.58. The van der Waals surface area contributed by atoms with Crippen molar-refractivity contribution in [3.8, 4) is 0 Å². The number of ether oxygens (including phenoxy) is 1. The molecule has 0 spiro atoms. The lowest BCUT2D eigenvalue weighted by molar-refractivity contribution is 0.0298. The summed E-state index contributed by atoms with van der Waals surface area (Å²) in [5.74, 6) is 2.68. The molecule has 1 aliphatic carbocycles. The summed E-state index contributed by atoms with van der Waals surface area (Å²) in [6, 6.07) is 2.82. The molecule has 0 radical (unpaired) electrons. The summed E-state index contributed by atoms with van der Waals surface area (Å²) in [6.45, 7) is 10.1. The molecule has 0 aromatic carbocycles. The molecule has 1 unspecified atom stereocenters. The predicted molar refractivity (Wildman–Crippen MR) is 77.0 cm³/mol. The van der Waals surface area contributed by atoms with E-state index < -0.39 is 0 Å². The molecule has 1 atom stereocenters. The van der Waals surface area contributed by atoms with Crippen LogP contribution in [-0.4, -0.2) is 12.1 Å². The Morgan fingerprint density at radius 2 is 2.11 bits per heavy atom. The van der Waals surface area contributed by atoms with Gasteiger partial charge in [-0.2, -0.15) is 0 Å². The van der Waals surface area contributed by atoms with Crippen LogP contribution in [-0.2, 0) is 17.9 Å². The van der Waals surface area contributed by atoms with Crippen molar-refractivity contribution >= 4 is 0 Å². The van der Waals surface area contributed by atoms with E-state index in [-0.39, 0.29) is 0 Å². The number of hydrogen-bond acceptors (Lipinski definition) is 3. The molecule has 0 bridgehead atoms. The van der Waals surface area contributed by atoms with Gasteiger partial charge in [0.1, 0.15) is 18.1 Å². The molecule has 0 saturated heterocycles. The number of nitrogens with one attached hydrogen (secondary N) is 1. The Kier molecular flexibility index (Phi) is 5.06. The average molecular weight is 265 g/mol. The molecule has 1 N–H and O–H groups in total. The molecule has 19 heavy (non-hydrogen) atoms. The third-order valence-electron chi connectivity index (χ3n) is 3.51. The van der Waals surface area contributed by atoms with E-state index in [1.807, 2.05) is 0 Å². The average Bonchev–Trinajstić information content (AvgIpc) is 3.08. The van der Waals surface area contributed by atoms with E-state index in [1.165, 1.54) is 18.4 Å². The quantitative estimate of drug-likeness (QED) is 0.776. The summed E-state index contributed by atoms with van der Waals surface area (Å²) >= 11 is 0. The van der Waals surface area contributed by atoms with Crippen molar-refractivity contribution in [2.75, 3.05) is 0 Å². The Morgan fingerprint density at radius 3 is 2.74 bits per heavy atom. The molecule has 3 nitrogen and oxygen atoms in total. The van der Waals surface area contributed by atoms with Crippen LogP contribution in [0.5, 0.6) is 0 Å². The fourth-order valence-electron chi connectivity index (χ4n) is 2.32. The van der Waals surface area contributed by atoms with Gasteiger partial charge in [-0.15, -0.1) is 0 Å². The second-order valence-electron chi connectivity index (χ2n) is 6.23. The molecule has 1 aliphatic rings.